The first-order valence-electron chi connectivity index (χ1n) is 6.38. The normalized spacial score (nSPS) is 10.8. The predicted molar refractivity (Wildman–Crippen MR) is 85.9 cm³/mol. The number of nitrogens with two attached hydrogens (primary N) is 1. The molecular weight excluding hydrogens is 284 g/mol. The number of aryl methyl sites for hydroxylation is 1. The van der Waals surface area contributed by atoms with Crippen molar-refractivity contribution < 1.29 is 0 Å². The molecule has 0 fully saturated rings. The maximum atomic E-state index is 5.69. The number of aromatic nitrogens is 4. The van der Waals surface area contributed by atoms with Gasteiger partial charge in [0.1, 0.15) is 10.8 Å². The van der Waals surface area contributed by atoms with Crippen molar-refractivity contribution in [3.05, 3.63) is 48.0 Å². The summed E-state index contributed by atoms with van der Waals surface area (Å²) in [6.07, 6.45) is 3.57. The van der Waals surface area contributed by atoms with Crippen LogP contribution in [0, 0.1) is 6.92 Å². The van der Waals surface area contributed by atoms with Gasteiger partial charge < -0.3 is 10.6 Å². The summed E-state index contributed by atoms with van der Waals surface area (Å²) in [5.74, 6) is 1.54. The molecule has 6 nitrogen and oxygen atoms in total. The Labute approximate surface area is 127 Å². The summed E-state index contributed by atoms with van der Waals surface area (Å²) in [5.41, 5.74) is 8.14. The number of hydrogen-bond donors (Lipinski definition) is 1. The van der Waals surface area contributed by atoms with Gasteiger partial charge in [0.25, 0.3) is 0 Å². The molecule has 3 aromatic rings. The molecule has 0 aliphatic carbocycles. The Hall–Kier alpha value is -2.54. The lowest BCUT2D eigenvalue weighted by molar-refractivity contribution is 0.998. The zero-order chi connectivity index (χ0) is 15.0. The van der Waals surface area contributed by atoms with E-state index in [2.05, 4.69) is 15.2 Å². The molecule has 21 heavy (non-hydrogen) atoms. The van der Waals surface area contributed by atoms with Crippen LogP contribution in [0.3, 0.4) is 0 Å². The minimum absolute atomic E-state index is 0.370. The molecule has 3 rings (SSSR count). The molecule has 0 spiro atoms. The highest BCUT2D eigenvalue weighted by Crippen LogP contribution is 2.25. The molecule has 2 heterocycles. The lowest BCUT2D eigenvalue weighted by atomic mass is 10.2. The van der Waals surface area contributed by atoms with E-state index in [0.29, 0.717) is 10.6 Å². The van der Waals surface area contributed by atoms with Crippen molar-refractivity contribution in [1.82, 2.24) is 19.6 Å². The van der Waals surface area contributed by atoms with Gasteiger partial charge in [-0.15, -0.1) is 10.2 Å². The SMILES string of the molecule is Cc1nnc2c(N(C)c3cccc(C(N)=S)c3)nccn12. The Morgan fingerprint density at radius 3 is 2.90 bits per heavy atom. The highest BCUT2D eigenvalue weighted by Gasteiger charge is 2.13. The van der Waals surface area contributed by atoms with Crippen LogP contribution in [0.4, 0.5) is 11.5 Å². The molecule has 2 aromatic heterocycles. The van der Waals surface area contributed by atoms with Crippen LogP contribution in [0.2, 0.25) is 0 Å². The van der Waals surface area contributed by atoms with E-state index in [1.54, 1.807) is 6.20 Å². The predicted octanol–water partition coefficient (Wildman–Crippen LogP) is 1.83. The van der Waals surface area contributed by atoms with E-state index in [-0.39, 0.29) is 0 Å². The Kier molecular flexibility index (Phi) is 3.26. The largest absolute Gasteiger partial charge is 0.389 e. The van der Waals surface area contributed by atoms with Crippen LogP contribution >= 0.6 is 12.2 Å². The molecule has 0 saturated carbocycles. The lowest BCUT2D eigenvalue weighted by Gasteiger charge is -2.19. The third-order valence-electron chi connectivity index (χ3n) is 3.31. The minimum Gasteiger partial charge on any atom is -0.389 e. The number of thiocarbonyl (C=S) groups is 1. The van der Waals surface area contributed by atoms with Gasteiger partial charge in [-0.05, 0) is 19.1 Å². The quantitative estimate of drug-likeness (QED) is 0.744. The monoisotopic (exact) mass is 298 g/mol. The van der Waals surface area contributed by atoms with Gasteiger partial charge in [0, 0.05) is 30.7 Å². The van der Waals surface area contributed by atoms with Crippen molar-refractivity contribution in [1.29, 1.82) is 0 Å². The minimum atomic E-state index is 0.370. The van der Waals surface area contributed by atoms with E-state index in [1.165, 1.54) is 0 Å². The first-order valence-corrected chi connectivity index (χ1v) is 6.78. The van der Waals surface area contributed by atoms with Gasteiger partial charge in [-0.25, -0.2) is 4.98 Å². The van der Waals surface area contributed by atoms with Crippen LogP contribution in [0.25, 0.3) is 5.65 Å². The summed E-state index contributed by atoms with van der Waals surface area (Å²) in [7, 11) is 1.92. The van der Waals surface area contributed by atoms with Crippen molar-refractivity contribution in [2.75, 3.05) is 11.9 Å². The van der Waals surface area contributed by atoms with Gasteiger partial charge in [-0.2, -0.15) is 0 Å². The highest BCUT2D eigenvalue weighted by molar-refractivity contribution is 7.80. The fourth-order valence-corrected chi connectivity index (χ4v) is 2.28. The molecule has 0 saturated heterocycles. The fraction of sp³-hybridized carbons (Fsp3) is 0.143. The standard InChI is InChI=1S/C14H14N6S/c1-9-17-18-14-13(16-6-7-20(9)14)19(2)11-5-3-4-10(8-11)12(15)21/h3-8H,1-2H3,(H2,15,21). The van der Waals surface area contributed by atoms with Crippen molar-refractivity contribution in [3.8, 4) is 0 Å². The van der Waals surface area contributed by atoms with Crippen LogP contribution < -0.4 is 10.6 Å². The van der Waals surface area contributed by atoms with Gasteiger partial charge in [0.15, 0.2) is 5.82 Å². The average Bonchev–Trinajstić information content (AvgIpc) is 2.88. The van der Waals surface area contributed by atoms with Crippen LogP contribution in [-0.4, -0.2) is 31.6 Å². The van der Waals surface area contributed by atoms with Crippen molar-refractivity contribution in [2.24, 2.45) is 5.73 Å². The number of fused-ring (bicyclic) bond motifs is 1. The molecule has 0 atom stereocenters. The Balaban J connectivity index is 2.10. The van der Waals surface area contributed by atoms with E-state index in [4.69, 9.17) is 18.0 Å². The number of nitrogens with zero attached hydrogens (tertiary/aromatic N) is 5. The van der Waals surface area contributed by atoms with Crippen LogP contribution in [0.5, 0.6) is 0 Å². The molecule has 0 aliphatic rings. The van der Waals surface area contributed by atoms with E-state index in [1.807, 2.05) is 53.7 Å². The summed E-state index contributed by atoms with van der Waals surface area (Å²) in [5, 5.41) is 8.26. The fourth-order valence-electron chi connectivity index (χ4n) is 2.16. The smallest absolute Gasteiger partial charge is 0.204 e. The zero-order valence-corrected chi connectivity index (χ0v) is 12.5. The molecule has 2 N–H and O–H groups in total. The Bertz CT molecular complexity index is 825. The zero-order valence-electron chi connectivity index (χ0n) is 11.7. The van der Waals surface area contributed by atoms with Crippen LogP contribution in [0.1, 0.15) is 11.4 Å². The van der Waals surface area contributed by atoms with Crippen molar-refractivity contribution in [2.45, 2.75) is 6.92 Å². The number of anilines is 2. The molecule has 0 amide bonds. The first-order chi connectivity index (χ1) is 10.1. The third-order valence-corrected chi connectivity index (χ3v) is 3.55. The second-order valence-electron chi connectivity index (χ2n) is 4.67. The molecule has 1 aromatic carbocycles. The lowest BCUT2D eigenvalue weighted by Crippen LogP contribution is -2.15. The van der Waals surface area contributed by atoms with E-state index < -0.39 is 0 Å². The topological polar surface area (TPSA) is 72.3 Å². The van der Waals surface area contributed by atoms with Gasteiger partial charge in [-0.3, -0.25) is 4.40 Å². The second-order valence-corrected chi connectivity index (χ2v) is 5.11. The molecular formula is C14H14N6S. The van der Waals surface area contributed by atoms with Gasteiger partial charge >= 0.3 is 0 Å². The van der Waals surface area contributed by atoms with E-state index >= 15 is 0 Å². The molecule has 7 heteroatoms. The Morgan fingerprint density at radius 2 is 2.14 bits per heavy atom. The molecule has 0 bridgehead atoms. The van der Waals surface area contributed by atoms with Crippen LogP contribution in [0.15, 0.2) is 36.7 Å². The van der Waals surface area contributed by atoms with E-state index in [0.717, 1.165) is 22.9 Å². The first kappa shape index (κ1) is 13.4. The summed E-state index contributed by atoms with van der Waals surface area (Å²) in [6, 6.07) is 7.69. The van der Waals surface area contributed by atoms with Gasteiger partial charge in [0.2, 0.25) is 5.65 Å². The van der Waals surface area contributed by atoms with Gasteiger partial charge in [0.05, 0.1) is 0 Å². The molecule has 0 radical (unpaired) electrons. The van der Waals surface area contributed by atoms with E-state index in [9.17, 15) is 0 Å². The van der Waals surface area contributed by atoms with Crippen molar-refractivity contribution in [3.63, 3.8) is 0 Å². The Morgan fingerprint density at radius 1 is 1.33 bits per heavy atom. The van der Waals surface area contributed by atoms with Crippen molar-refractivity contribution >= 4 is 34.4 Å². The summed E-state index contributed by atoms with van der Waals surface area (Å²) in [6.45, 7) is 1.90. The number of rotatable bonds is 3. The summed E-state index contributed by atoms with van der Waals surface area (Å²) < 4.78 is 1.90. The van der Waals surface area contributed by atoms with Gasteiger partial charge in [-0.1, -0.05) is 24.4 Å². The molecule has 106 valence electrons. The van der Waals surface area contributed by atoms with Crippen LogP contribution in [-0.2, 0) is 0 Å². The summed E-state index contributed by atoms with van der Waals surface area (Å²) >= 11 is 5.02. The molecule has 0 unspecified atom stereocenters. The average molecular weight is 298 g/mol. The third kappa shape index (κ3) is 2.31. The number of hydrogen-bond acceptors (Lipinski definition) is 5. The maximum absolute atomic E-state index is 5.69. The second kappa shape index (κ2) is 5.10. The summed E-state index contributed by atoms with van der Waals surface area (Å²) in [4.78, 5) is 6.72. The number of benzene rings is 1. The maximum Gasteiger partial charge on any atom is 0.204 e. The highest BCUT2D eigenvalue weighted by atomic mass is 32.1. The molecule has 0 aliphatic heterocycles.